The molecule has 0 aliphatic carbocycles. The summed E-state index contributed by atoms with van der Waals surface area (Å²) in [7, 11) is 0. The molecule has 1 aromatic rings. The van der Waals surface area contributed by atoms with Crippen LogP contribution in [0.3, 0.4) is 0 Å². The fourth-order valence-corrected chi connectivity index (χ4v) is 2.02. The van der Waals surface area contributed by atoms with Crippen molar-refractivity contribution in [1.29, 1.82) is 0 Å². The molecular weight excluding hydrogens is 302 g/mol. The van der Waals surface area contributed by atoms with Crippen molar-refractivity contribution in [3.63, 3.8) is 0 Å². The van der Waals surface area contributed by atoms with E-state index in [0.29, 0.717) is 0 Å². The maximum absolute atomic E-state index is 12.7. The molecule has 0 aliphatic heterocycles. The van der Waals surface area contributed by atoms with Gasteiger partial charge in [-0.15, -0.1) is 0 Å². The zero-order chi connectivity index (χ0) is 13.2. The lowest BCUT2D eigenvalue weighted by Crippen LogP contribution is -2.21. The van der Waals surface area contributed by atoms with Gasteiger partial charge in [0.05, 0.1) is 27.7 Å². The van der Waals surface area contributed by atoms with Gasteiger partial charge >= 0.3 is 6.18 Å². The van der Waals surface area contributed by atoms with E-state index in [1.54, 1.807) is 0 Å². The molecular formula is C10H7Cl3F4. The Balaban J connectivity index is 3.20. The van der Waals surface area contributed by atoms with Crippen molar-refractivity contribution in [2.75, 3.05) is 6.67 Å². The van der Waals surface area contributed by atoms with Crippen LogP contribution in [-0.4, -0.2) is 12.9 Å². The third-order valence-electron chi connectivity index (χ3n) is 2.20. The third-order valence-corrected chi connectivity index (χ3v) is 3.40. The summed E-state index contributed by atoms with van der Waals surface area (Å²) in [6.07, 6.45) is -5.22. The lowest BCUT2D eigenvalue weighted by Gasteiger charge is -2.20. The highest BCUT2D eigenvalue weighted by Crippen LogP contribution is 2.41. The predicted molar refractivity (Wildman–Crippen MR) is 60.9 cm³/mol. The topological polar surface area (TPSA) is 0 Å². The third kappa shape index (κ3) is 3.63. The summed E-state index contributed by atoms with van der Waals surface area (Å²) in [5.74, 6) is -1.93. The number of hydrogen-bond donors (Lipinski definition) is 0. The fourth-order valence-electron chi connectivity index (χ4n) is 1.40. The minimum atomic E-state index is -4.55. The summed E-state index contributed by atoms with van der Waals surface area (Å²) in [6.45, 7) is -1.08. The Morgan fingerprint density at radius 2 is 1.53 bits per heavy atom. The van der Waals surface area contributed by atoms with Gasteiger partial charge in [-0.1, -0.05) is 34.8 Å². The summed E-state index contributed by atoms with van der Waals surface area (Å²) in [4.78, 5) is 0. The molecule has 0 fully saturated rings. The minimum absolute atomic E-state index is 0.0155. The van der Waals surface area contributed by atoms with E-state index in [9.17, 15) is 17.6 Å². The first-order chi connectivity index (χ1) is 7.77. The Morgan fingerprint density at radius 1 is 1.06 bits per heavy atom. The first-order valence-electron chi connectivity index (χ1n) is 4.54. The number of alkyl halides is 4. The Hall–Kier alpha value is -0.190. The van der Waals surface area contributed by atoms with Crippen molar-refractivity contribution < 1.29 is 17.6 Å². The molecule has 0 N–H and O–H groups in total. The molecule has 0 saturated carbocycles. The van der Waals surface area contributed by atoms with Gasteiger partial charge in [0.15, 0.2) is 0 Å². The van der Waals surface area contributed by atoms with Gasteiger partial charge in [0.1, 0.15) is 0 Å². The van der Waals surface area contributed by atoms with Crippen LogP contribution in [-0.2, 0) is 0 Å². The molecule has 1 aromatic carbocycles. The minimum Gasteiger partial charge on any atom is -0.251 e. The summed E-state index contributed by atoms with van der Waals surface area (Å²) >= 11 is 16.9. The first-order valence-corrected chi connectivity index (χ1v) is 5.68. The quantitative estimate of drug-likeness (QED) is 0.500. The van der Waals surface area contributed by atoms with Crippen LogP contribution >= 0.6 is 34.8 Å². The largest absolute Gasteiger partial charge is 0.395 e. The second-order valence-electron chi connectivity index (χ2n) is 3.37. The Morgan fingerprint density at radius 3 is 1.88 bits per heavy atom. The number of benzene rings is 1. The zero-order valence-corrected chi connectivity index (χ0v) is 10.6. The van der Waals surface area contributed by atoms with E-state index in [0.717, 1.165) is 12.1 Å². The molecule has 0 amide bonds. The number of halogens is 7. The standard InChI is InChI=1S/C10H7Cl3F4/c11-7-3-5(4-8(12)9(7)13)6(1-2-14)10(15,16)17/h3-4,6H,1-2H2. The molecule has 0 spiro atoms. The smallest absolute Gasteiger partial charge is 0.251 e. The van der Waals surface area contributed by atoms with Crippen LogP contribution in [0.2, 0.25) is 15.1 Å². The van der Waals surface area contributed by atoms with E-state index in [4.69, 9.17) is 34.8 Å². The summed E-state index contributed by atoms with van der Waals surface area (Å²) in [5.41, 5.74) is -0.186. The van der Waals surface area contributed by atoms with Crippen LogP contribution in [0.15, 0.2) is 12.1 Å². The molecule has 0 aliphatic rings. The Bertz CT molecular complexity index is 380. The number of rotatable bonds is 3. The van der Waals surface area contributed by atoms with Gasteiger partial charge in [-0.2, -0.15) is 13.2 Å². The zero-order valence-electron chi connectivity index (χ0n) is 8.29. The normalized spacial score (nSPS) is 13.8. The molecule has 1 unspecified atom stereocenters. The molecule has 0 heterocycles. The van der Waals surface area contributed by atoms with Crippen molar-refractivity contribution in [1.82, 2.24) is 0 Å². The Kier molecular flexibility index (Phi) is 4.93. The van der Waals surface area contributed by atoms with Crippen LogP contribution < -0.4 is 0 Å². The lowest BCUT2D eigenvalue weighted by atomic mass is 9.96. The van der Waals surface area contributed by atoms with Crippen molar-refractivity contribution in [2.24, 2.45) is 0 Å². The molecule has 0 radical (unpaired) electrons. The van der Waals surface area contributed by atoms with Gasteiger partial charge in [0, 0.05) is 0 Å². The second kappa shape index (κ2) is 5.63. The van der Waals surface area contributed by atoms with E-state index < -0.39 is 25.2 Å². The average molecular weight is 310 g/mol. The summed E-state index contributed by atoms with van der Waals surface area (Å²) in [5, 5.41) is -0.178. The van der Waals surface area contributed by atoms with E-state index in [2.05, 4.69) is 0 Å². The second-order valence-corrected chi connectivity index (χ2v) is 4.56. The maximum atomic E-state index is 12.7. The average Bonchev–Trinajstić information content (AvgIpc) is 2.20. The van der Waals surface area contributed by atoms with E-state index in [-0.39, 0.29) is 20.6 Å². The van der Waals surface area contributed by atoms with Gasteiger partial charge in [0.25, 0.3) is 0 Å². The van der Waals surface area contributed by atoms with Crippen molar-refractivity contribution in [3.05, 3.63) is 32.8 Å². The van der Waals surface area contributed by atoms with E-state index >= 15 is 0 Å². The van der Waals surface area contributed by atoms with E-state index in [1.807, 2.05) is 0 Å². The highest BCUT2D eigenvalue weighted by Gasteiger charge is 2.40. The molecule has 1 atom stereocenters. The highest BCUT2D eigenvalue weighted by atomic mass is 35.5. The maximum Gasteiger partial charge on any atom is 0.395 e. The molecule has 7 heteroatoms. The number of hydrogen-bond acceptors (Lipinski definition) is 0. The monoisotopic (exact) mass is 308 g/mol. The van der Waals surface area contributed by atoms with Gasteiger partial charge in [-0.3, -0.25) is 4.39 Å². The van der Waals surface area contributed by atoms with Gasteiger partial charge in [0.2, 0.25) is 0 Å². The molecule has 0 nitrogen and oxygen atoms in total. The molecule has 0 saturated heterocycles. The van der Waals surface area contributed by atoms with Crippen molar-refractivity contribution >= 4 is 34.8 Å². The lowest BCUT2D eigenvalue weighted by molar-refractivity contribution is -0.152. The van der Waals surface area contributed by atoms with Crippen molar-refractivity contribution in [3.8, 4) is 0 Å². The van der Waals surface area contributed by atoms with Crippen LogP contribution in [0.25, 0.3) is 0 Å². The SMILES string of the molecule is FCCC(c1cc(Cl)c(Cl)c(Cl)c1)C(F)(F)F. The van der Waals surface area contributed by atoms with Crippen LogP contribution in [0.1, 0.15) is 17.9 Å². The molecule has 96 valence electrons. The molecule has 0 bridgehead atoms. The van der Waals surface area contributed by atoms with Crippen LogP contribution in [0, 0.1) is 0 Å². The van der Waals surface area contributed by atoms with E-state index in [1.165, 1.54) is 0 Å². The van der Waals surface area contributed by atoms with Crippen molar-refractivity contribution in [2.45, 2.75) is 18.5 Å². The summed E-state index contributed by atoms with van der Waals surface area (Å²) in [6, 6.07) is 2.12. The predicted octanol–water partition coefficient (Wildman–Crippen LogP) is 5.65. The van der Waals surface area contributed by atoms with Crippen LogP contribution in [0.4, 0.5) is 17.6 Å². The Labute approximate surface area is 110 Å². The van der Waals surface area contributed by atoms with Gasteiger partial charge in [-0.05, 0) is 24.1 Å². The summed E-state index contributed by atoms with van der Waals surface area (Å²) < 4.78 is 50.2. The molecule has 0 aromatic heterocycles. The van der Waals surface area contributed by atoms with Crippen LogP contribution in [0.5, 0.6) is 0 Å². The highest BCUT2D eigenvalue weighted by molar-refractivity contribution is 6.48. The molecule has 1 rings (SSSR count). The first kappa shape index (κ1) is 14.9. The fraction of sp³-hybridized carbons (Fsp3) is 0.400. The molecule has 17 heavy (non-hydrogen) atoms. The van der Waals surface area contributed by atoms with Gasteiger partial charge in [-0.25, -0.2) is 0 Å². The van der Waals surface area contributed by atoms with Gasteiger partial charge < -0.3 is 0 Å².